The molecule has 0 spiro atoms. The highest BCUT2D eigenvalue weighted by Crippen LogP contribution is 2.49. The van der Waals surface area contributed by atoms with E-state index in [9.17, 15) is 14.9 Å². The molecule has 1 aromatic heterocycles. The first-order valence-corrected chi connectivity index (χ1v) is 9.04. The number of nitro groups is 1. The van der Waals surface area contributed by atoms with E-state index >= 15 is 0 Å². The van der Waals surface area contributed by atoms with E-state index in [1.165, 1.54) is 44.0 Å². The fourth-order valence-electron chi connectivity index (χ4n) is 4.08. The molecule has 0 saturated heterocycles. The van der Waals surface area contributed by atoms with Gasteiger partial charge in [-0.1, -0.05) is 18.2 Å². The van der Waals surface area contributed by atoms with Crippen molar-refractivity contribution in [2.45, 2.75) is 43.7 Å². The van der Waals surface area contributed by atoms with E-state index < -0.39 is 4.92 Å². The second-order valence-corrected chi connectivity index (χ2v) is 7.53. The van der Waals surface area contributed by atoms with Crippen LogP contribution in [0, 0.1) is 27.9 Å². The normalized spacial score (nSPS) is 26.9. The highest BCUT2D eigenvalue weighted by atomic mass is 32.2. The molecule has 2 fully saturated rings. The summed E-state index contributed by atoms with van der Waals surface area (Å²) >= 11 is 1.12. The molecule has 6 nitrogen and oxygen atoms in total. The molecule has 2 bridgehead atoms. The minimum absolute atomic E-state index is 0.0496. The Hall–Kier alpha value is -1.63. The maximum Gasteiger partial charge on any atom is 0.301 e. The predicted octanol–water partition coefficient (Wildman–Crippen LogP) is 3.02. The third-order valence-electron chi connectivity index (χ3n) is 5.11. The summed E-state index contributed by atoms with van der Waals surface area (Å²) in [4.78, 5) is 26.6. The lowest BCUT2D eigenvalue weighted by molar-refractivity contribution is -0.388. The van der Waals surface area contributed by atoms with Gasteiger partial charge < -0.3 is 5.32 Å². The third-order valence-corrected chi connectivity index (χ3v) is 6.11. The monoisotopic (exact) mass is 335 g/mol. The van der Waals surface area contributed by atoms with Crippen LogP contribution in [0.3, 0.4) is 0 Å². The lowest BCUT2D eigenvalue weighted by atomic mass is 9.84. The van der Waals surface area contributed by atoms with E-state index in [4.69, 9.17) is 0 Å². The number of aromatic nitrogens is 1. The molecule has 7 heteroatoms. The Bertz CT molecular complexity index is 610. The van der Waals surface area contributed by atoms with Crippen molar-refractivity contribution in [2.75, 3.05) is 5.75 Å². The largest absolute Gasteiger partial charge is 0.353 e. The molecule has 0 aromatic carbocycles. The first-order chi connectivity index (χ1) is 11.0. The van der Waals surface area contributed by atoms with Gasteiger partial charge in [-0.25, -0.2) is 4.98 Å². The number of fused-ring (bicyclic) bond motifs is 2. The van der Waals surface area contributed by atoms with Crippen LogP contribution in [0.15, 0.2) is 23.4 Å². The summed E-state index contributed by atoms with van der Waals surface area (Å²) in [5.74, 6) is 2.29. The molecule has 3 rings (SSSR count). The lowest BCUT2D eigenvalue weighted by Crippen LogP contribution is -2.40. The van der Waals surface area contributed by atoms with Crippen molar-refractivity contribution < 1.29 is 9.72 Å². The van der Waals surface area contributed by atoms with Crippen LogP contribution < -0.4 is 5.32 Å². The minimum atomic E-state index is -0.467. The van der Waals surface area contributed by atoms with E-state index in [0.717, 1.165) is 23.6 Å². The number of thioether (sulfide) groups is 1. The fraction of sp³-hybridized carbons (Fsp3) is 0.625. The first kappa shape index (κ1) is 16.2. The zero-order valence-corrected chi connectivity index (χ0v) is 13.9. The van der Waals surface area contributed by atoms with E-state index in [0.29, 0.717) is 10.9 Å². The molecule has 2 saturated carbocycles. The van der Waals surface area contributed by atoms with Crippen LogP contribution in [0.4, 0.5) is 5.69 Å². The molecular weight excluding hydrogens is 314 g/mol. The van der Waals surface area contributed by atoms with Gasteiger partial charge in [0, 0.05) is 18.3 Å². The standard InChI is InChI=1S/C16H21N3O3S/c1-10(13-8-11-4-5-12(13)7-11)18-15(20)9-23-16-14(19(21)22)3-2-6-17-16/h2-3,6,10-13H,4-5,7-9H2,1H3,(H,18,20)/t10-,11-,12-,13+/m0/s1. The molecule has 1 aromatic rings. The topological polar surface area (TPSA) is 85.1 Å². The van der Waals surface area contributed by atoms with E-state index in [2.05, 4.69) is 17.2 Å². The van der Waals surface area contributed by atoms with E-state index in [-0.39, 0.29) is 23.4 Å². The average molecular weight is 335 g/mol. The number of carbonyl (C=O) groups excluding carboxylic acids is 1. The molecule has 23 heavy (non-hydrogen) atoms. The summed E-state index contributed by atoms with van der Waals surface area (Å²) in [6.45, 7) is 2.08. The van der Waals surface area contributed by atoms with Crippen LogP contribution in [-0.4, -0.2) is 27.6 Å². The summed E-state index contributed by atoms with van der Waals surface area (Å²) in [5, 5.41) is 14.3. The van der Waals surface area contributed by atoms with Gasteiger partial charge in [-0.2, -0.15) is 0 Å². The quantitative estimate of drug-likeness (QED) is 0.491. The average Bonchev–Trinajstić information content (AvgIpc) is 3.16. The molecule has 2 aliphatic rings. The maximum absolute atomic E-state index is 12.1. The van der Waals surface area contributed by atoms with Crippen molar-refractivity contribution >= 4 is 23.4 Å². The maximum atomic E-state index is 12.1. The molecular formula is C16H21N3O3S. The van der Waals surface area contributed by atoms with Crippen molar-refractivity contribution in [3.63, 3.8) is 0 Å². The van der Waals surface area contributed by atoms with Gasteiger partial charge in [-0.3, -0.25) is 14.9 Å². The predicted molar refractivity (Wildman–Crippen MR) is 88.2 cm³/mol. The molecule has 0 unspecified atom stereocenters. The SMILES string of the molecule is C[C@H](NC(=O)CSc1ncccc1[N+](=O)[O-])[C@H]1C[C@H]2CC[C@H]1C2. The van der Waals surface area contributed by atoms with Crippen LogP contribution in [-0.2, 0) is 4.79 Å². The van der Waals surface area contributed by atoms with Crippen molar-refractivity contribution in [1.82, 2.24) is 10.3 Å². The Morgan fingerprint density at radius 1 is 1.52 bits per heavy atom. The van der Waals surface area contributed by atoms with Crippen LogP contribution in [0.1, 0.15) is 32.6 Å². The van der Waals surface area contributed by atoms with Gasteiger partial charge in [0.2, 0.25) is 5.91 Å². The van der Waals surface area contributed by atoms with Crippen molar-refractivity contribution in [1.29, 1.82) is 0 Å². The van der Waals surface area contributed by atoms with E-state index in [1.807, 2.05) is 0 Å². The van der Waals surface area contributed by atoms with Gasteiger partial charge in [-0.05, 0) is 50.0 Å². The Morgan fingerprint density at radius 3 is 3.00 bits per heavy atom. The zero-order valence-electron chi connectivity index (χ0n) is 13.1. The number of nitrogens with one attached hydrogen (secondary N) is 1. The molecule has 1 amide bonds. The van der Waals surface area contributed by atoms with Crippen LogP contribution >= 0.6 is 11.8 Å². The van der Waals surface area contributed by atoms with E-state index in [1.54, 1.807) is 0 Å². The number of nitrogens with zero attached hydrogens (tertiary/aromatic N) is 2. The molecule has 1 heterocycles. The molecule has 0 radical (unpaired) electrons. The highest BCUT2D eigenvalue weighted by Gasteiger charge is 2.42. The van der Waals surface area contributed by atoms with Crippen LogP contribution in [0.5, 0.6) is 0 Å². The highest BCUT2D eigenvalue weighted by molar-refractivity contribution is 8.00. The van der Waals surface area contributed by atoms with Crippen molar-refractivity contribution in [2.24, 2.45) is 17.8 Å². The Morgan fingerprint density at radius 2 is 2.35 bits per heavy atom. The zero-order chi connectivity index (χ0) is 16.4. The molecule has 0 aliphatic heterocycles. The van der Waals surface area contributed by atoms with Crippen molar-refractivity contribution in [3.8, 4) is 0 Å². The van der Waals surface area contributed by atoms with Crippen LogP contribution in [0.2, 0.25) is 0 Å². The second-order valence-electron chi connectivity index (χ2n) is 6.57. The summed E-state index contributed by atoms with van der Waals surface area (Å²) in [7, 11) is 0. The van der Waals surface area contributed by atoms with Gasteiger partial charge in [0.25, 0.3) is 0 Å². The summed E-state index contributed by atoms with van der Waals surface area (Å²) in [6, 6.07) is 3.11. The third kappa shape index (κ3) is 3.65. The number of rotatable bonds is 6. The number of carbonyl (C=O) groups is 1. The number of hydrogen-bond acceptors (Lipinski definition) is 5. The smallest absolute Gasteiger partial charge is 0.301 e. The Balaban J connectivity index is 1.51. The Kier molecular flexibility index (Phi) is 4.84. The van der Waals surface area contributed by atoms with Gasteiger partial charge in [-0.15, -0.1) is 0 Å². The second kappa shape index (κ2) is 6.86. The molecule has 4 atom stereocenters. The molecule has 1 N–H and O–H groups in total. The minimum Gasteiger partial charge on any atom is -0.353 e. The van der Waals surface area contributed by atoms with Gasteiger partial charge >= 0.3 is 5.69 Å². The number of amides is 1. The van der Waals surface area contributed by atoms with Gasteiger partial charge in [0.15, 0.2) is 5.03 Å². The summed E-state index contributed by atoms with van der Waals surface area (Å²) in [5.41, 5.74) is -0.0496. The summed E-state index contributed by atoms with van der Waals surface area (Å²) in [6.07, 6.45) is 6.70. The van der Waals surface area contributed by atoms with Gasteiger partial charge in [0.05, 0.1) is 10.7 Å². The number of hydrogen-bond donors (Lipinski definition) is 1. The lowest BCUT2D eigenvalue weighted by Gasteiger charge is -2.28. The molecule has 124 valence electrons. The number of pyridine rings is 1. The first-order valence-electron chi connectivity index (χ1n) is 8.06. The van der Waals surface area contributed by atoms with Crippen molar-refractivity contribution in [3.05, 3.63) is 28.4 Å². The van der Waals surface area contributed by atoms with Crippen LogP contribution in [0.25, 0.3) is 0 Å². The van der Waals surface area contributed by atoms with Gasteiger partial charge in [0.1, 0.15) is 0 Å². The Labute approximate surface area is 139 Å². The fourth-order valence-corrected chi connectivity index (χ4v) is 4.85. The summed E-state index contributed by atoms with van der Waals surface area (Å²) < 4.78 is 0. The molecule has 2 aliphatic carbocycles.